The Hall–Kier alpha value is -3.34. The van der Waals surface area contributed by atoms with Crippen molar-refractivity contribution in [3.05, 3.63) is 87.5 Å². The Labute approximate surface area is 143 Å². The van der Waals surface area contributed by atoms with Gasteiger partial charge in [-0.25, -0.2) is 0 Å². The molecular formula is C20H11NO2S. The lowest BCUT2D eigenvalue weighted by Gasteiger charge is -1.93. The minimum atomic E-state index is -0.423. The first-order valence-electron chi connectivity index (χ1n) is 7.13. The third-order valence-electron chi connectivity index (χ3n) is 3.13. The molecule has 0 atom stereocenters. The van der Waals surface area contributed by atoms with E-state index in [0.717, 1.165) is 15.3 Å². The van der Waals surface area contributed by atoms with Gasteiger partial charge in [0.05, 0.1) is 11.1 Å². The highest BCUT2D eigenvalue weighted by molar-refractivity contribution is 7.13. The molecule has 0 saturated carbocycles. The van der Waals surface area contributed by atoms with Crippen LogP contribution in [0.2, 0.25) is 0 Å². The Balaban J connectivity index is 1.81. The molecule has 0 fully saturated rings. The van der Waals surface area contributed by atoms with E-state index in [4.69, 9.17) is 4.42 Å². The van der Waals surface area contributed by atoms with E-state index < -0.39 is 5.78 Å². The smallest absolute Gasteiger partial charge is 0.238 e. The maximum Gasteiger partial charge on any atom is 0.238 e. The van der Waals surface area contributed by atoms with E-state index in [1.54, 1.807) is 18.2 Å². The summed E-state index contributed by atoms with van der Waals surface area (Å²) in [7, 11) is 0. The molecule has 0 radical (unpaired) electrons. The number of nitriles is 1. The van der Waals surface area contributed by atoms with Gasteiger partial charge in [-0.15, -0.1) is 11.3 Å². The summed E-state index contributed by atoms with van der Waals surface area (Å²) in [5.74, 6) is 5.89. The maximum atomic E-state index is 12.2. The third-order valence-corrected chi connectivity index (χ3v) is 4.07. The summed E-state index contributed by atoms with van der Waals surface area (Å²) < 4.78 is 5.05. The number of carbonyl (C=O) groups excluding carboxylic acids is 1. The Morgan fingerprint density at radius 2 is 1.88 bits per heavy atom. The van der Waals surface area contributed by atoms with E-state index in [2.05, 4.69) is 11.8 Å². The molecule has 0 spiro atoms. The molecule has 3 rings (SSSR count). The summed E-state index contributed by atoms with van der Waals surface area (Å²) in [6, 6.07) is 18.5. The van der Waals surface area contributed by atoms with Gasteiger partial charge in [0, 0.05) is 10.4 Å². The number of allylic oxidation sites excluding steroid dienone is 1. The second-order valence-corrected chi connectivity index (χ2v) is 5.91. The lowest BCUT2D eigenvalue weighted by Crippen LogP contribution is -1.99. The number of benzene rings is 1. The van der Waals surface area contributed by atoms with Crippen molar-refractivity contribution in [2.75, 3.05) is 0 Å². The van der Waals surface area contributed by atoms with Crippen LogP contribution in [-0.2, 0) is 0 Å². The van der Waals surface area contributed by atoms with Crippen molar-refractivity contribution < 1.29 is 9.21 Å². The van der Waals surface area contributed by atoms with Crippen LogP contribution in [0.25, 0.3) is 6.08 Å². The predicted octanol–water partition coefficient (Wildman–Crippen LogP) is 4.53. The van der Waals surface area contributed by atoms with Crippen LogP contribution < -0.4 is 0 Å². The average molecular weight is 329 g/mol. The molecule has 24 heavy (non-hydrogen) atoms. The highest BCUT2D eigenvalue weighted by atomic mass is 32.1. The lowest BCUT2D eigenvalue weighted by atomic mass is 10.1. The first kappa shape index (κ1) is 15.6. The van der Waals surface area contributed by atoms with Gasteiger partial charge in [0.2, 0.25) is 5.78 Å². The number of nitrogens with zero attached hydrogens (tertiary/aromatic N) is 1. The molecule has 3 aromatic rings. The molecular weight excluding hydrogens is 318 g/mol. The van der Waals surface area contributed by atoms with E-state index in [1.807, 2.05) is 48.5 Å². The minimum absolute atomic E-state index is 0.0365. The molecule has 0 N–H and O–H groups in total. The number of hydrogen-bond donors (Lipinski definition) is 0. The van der Waals surface area contributed by atoms with Gasteiger partial charge in [0.25, 0.3) is 0 Å². The van der Waals surface area contributed by atoms with Gasteiger partial charge in [-0.1, -0.05) is 30.0 Å². The zero-order chi connectivity index (χ0) is 16.8. The second-order valence-electron chi connectivity index (χ2n) is 4.79. The van der Waals surface area contributed by atoms with Gasteiger partial charge in [0.1, 0.15) is 11.6 Å². The third kappa shape index (κ3) is 3.70. The minimum Gasteiger partial charge on any atom is -0.461 e. The van der Waals surface area contributed by atoms with Crippen LogP contribution in [0.4, 0.5) is 0 Å². The number of rotatable bonds is 3. The molecule has 0 saturated heterocycles. The number of Topliss-reactive ketones (excluding diaryl/α,β-unsaturated/α-hetero) is 1. The Morgan fingerprint density at radius 1 is 1.04 bits per heavy atom. The van der Waals surface area contributed by atoms with Crippen LogP contribution in [0.1, 0.15) is 25.9 Å². The van der Waals surface area contributed by atoms with Crippen molar-refractivity contribution in [1.82, 2.24) is 0 Å². The summed E-state index contributed by atoms with van der Waals surface area (Å²) in [6.07, 6.45) is 2.97. The Kier molecular flexibility index (Phi) is 4.72. The second kappa shape index (κ2) is 7.28. The number of hydrogen-bond acceptors (Lipinski definition) is 4. The van der Waals surface area contributed by atoms with Crippen LogP contribution in [0.5, 0.6) is 0 Å². The van der Waals surface area contributed by atoms with Crippen LogP contribution in [0, 0.1) is 23.2 Å². The standard InChI is InChI=1S/C20H11NO2S/c21-14-16(20(22)19-7-4-12-23-19)13-18-11-10-17(24-18)9-8-15-5-2-1-3-6-15/h1-7,10-13H/b16-13+. The van der Waals surface area contributed by atoms with Crippen LogP contribution in [0.15, 0.2) is 70.9 Å². The van der Waals surface area contributed by atoms with Crippen molar-refractivity contribution in [1.29, 1.82) is 5.26 Å². The quantitative estimate of drug-likeness (QED) is 0.307. The van der Waals surface area contributed by atoms with Gasteiger partial charge < -0.3 is 4.42 Å². The number of furan rings is 1. The fourth-order valence-corrected chi connectivity index (χ4v) is 2.79. The molecule has 114 valence electrons. The van der Waals surface area contributed by atoms with E-state index in [0.29, 0.717) is 0 Å². The summed E-state index contributed by atoms with van der Waals surface area (Å²) in [6.45, 7) is 0. The highest BCUT2D eigenvalue weighted by Crippen LogP contribution is 2.20. The van der Waals surface area contributed by atoms with Crippen molar-refractivity contribution in [3.63, 3.8) is 0 Å². The monoisotopic (exact) mass is 329 g/mol. The van der Waals surface area contributed by atoms with Gasteiger partial charge in [-0.3, -0.25) is 4.79 Å². The van der Waals surface area contributed by atoms with Crippen molar-refractivity contribution in [2.24, 2.45) is 0 Å². The lowest BCUT2D eigenvalue weighted by molar-refractivity contribution is 0.101. The molecule has 0 unspecified atom stereocenters. The normalized spacial score (nSPS) is 10.5. The topological polar surface area (TPSA) is 54.0 Å². The fraction of sp³-hybridized carbons (Fsp3) is 0. The first-order valence-corrected chi connectivity index (χ1v) is 7.95. The van der Waals surface area contributed by atoms with Gasteiger partial charge in [0.15, 0.2) is 5.76 Å². The Bertz CT molecular complexity index is 978. The fourth-order valence-electron chi connectivity index (χ4n) is 1.98. The van der Waals surface area contributed by atoms with Crippen molar-refractivity contribution >= 4 is 23.2 Å². The molecule has 2 heterocycles. The van der Waals surface area contributed by atoms with E-state index in [-0.39, 0.29) is 11.3 Å². The van der Waals surface area contributed by atoms with Crippen molar-refractivity contribution in [2.45, 2.75) is 0 Å². The SMILES string of the molecule is N#C/C(=C\c1ccc(C#Cc2ccccc2)s1)C(=O)c1ccco1. The molecule has 0 bridgehead atoms. The number of ketones is 1. The highest BCUT2D eigenvalue weighted by Gasteiger charge is 2.15. The van der Waals surface area contributed by atoms with E-state index in [9.17, 15) is 10.1 Å². The molecule has 0 aliphatic heterocycles. The summed E-state index contributed by atoms with van der Waals surface area (Å²) in [4.78, 5) is 13.8. The van der Waals surface area contributed by atoms with Gasteiger partial charge >= 0.3 is 0 Å². The molecule has 4 heteroatoms. The van der Waals surface area contributed by atoms with Crippen LogP contribution in [-0.4, -0.2) is 5.78 Å². The van der Waals surface area contributed by atoms with Crippen molar-refractivity contribution in [3.8, 4) is 17.9 Å². The van der Waals surface area contributed by atoms with Crippen LogP contribution >= 0.6 is 11.3 Å². The zero-order valence-corrected chi connectivity index (χ0v) is 13.3. The average Bonchev–Trinajstić information content (AvgIpc) is 3.30. The van der Waals surface area contributed by atoms with E-state index >= 15 is 0 Å². The van der Waals surface area contributed by atoms with Gasteiger partial charge in [-0.05, 0) is 42.5 Å². The summed E-state index contributed by atoms with van der Waals surface area (Å²) >= 11 is 1.43. The van der Waals surface area contributed by atoms with E-state index in [1.165, 1.54) is 17.6 Å². The molecule has 3 nitrogen and oxygen atoms in total. The molecule has 2 aromatic heterocycles. The molecule has 0 amide bonds. The van der Waals surface area contributed by atoms with Gasteiger partial charge in [-0.2, -0.15) is 5.26 Å². The zero-order valence-electron chi connectivity index (χ0n) is 12.5. The number of carbonyl (C=O) groups is 1. The molecule has 0 aliphatic carbocycles. The predicted molar refractivity (Wildman–Crippen MR) is 93.4 cm³/mol. The number of thiophene rings is 1. The largest absolute Gasteiger partial charge is 0.461 e. The first-order chi connectivity index (χ1) is 11.8. The summed E-state index contributed by atoms with van der Waals surface area (Å²) in [5, 5.41) is 9.21. The maximum absolute atomic E-state index is 12.2. The molecule has 1 aromatic carbocycles. The Morgan fingerprint density at radius 3 is 2.58 bits per heavy atom. The summed E-state index contributed by atoms with van der Waals surface area (Å²) in [5.41, 5.74) is 0.975. The molecule has 0 aliphatic rings. The van der Waals surface area contributed by atoms with Crippen LogP contribution in [0.3, 0.4) is 0 Å².